The molecule has 1 aromatic rings. The lowest BCUT2D eigenvalue weighted by molar-refractivity contribution is -0.145. The number of fused-ring (bicyclic) bond motifs is 3. The molecule has 3 aliphatic heterocycles. The normalized spacial score (nSPS) is 32.3. The number of carboxylic acids is 1. The Labute approximate surface area is 218 Å². The number of aliphatic carboxylic acids is 1. The molecule has 0 spiro atoms. The molecule has 3 amide bonds. The van der Waals surface area contributed by atoms with Gasteiger partial charge in [0.1, 0.15) is 29.5 Å². The van der Waals surface area contributed by atoms with Crippen molar-refractivity contribution < 1.29 is 38.1 Å². The van der Waals surface area contributed by atoms with E-state index in [0.717, 1.165) is 0 Å². The fourth-order valence-electron chi connectivity index (χ4n) is 5.43. The second kappa shape index (κ2) is 10.3. The van der Waals surface area contributed by atoms with Crippen LogP contribution in [0.1, 0.15) is 36.8 Å². The molecule has 1 aliphatic carbocycles. The Morgan fingerprint density at radius 1 is 1.26 bits per heavy atom. The minimum absolute atomic E-state index is 0.0256. The van der Waals surface area contributed by atoms with Crippen molar-refractivity contribution in [1.29, 1.82) is 0 Å². The number of carbonyl (C=O) groups is 4. The highest BCUT2D eigenvalue weighted by molar-refractivity contribution is 5.95. The van der Waals surface area contributed by atoms with Gasteiger partial charge in [0, 0.05) is 31.1 Å². The molecule has 12 heteroatoms. The monoisotopic (exact) mass is 530 g/mol. The number of nitrogens with one attached hydrogen (secondary N) is 1. The first kappa shape index (κ1) is 26.1. The van der Waals surface area contributed by atoms with Crippen LogP contribution in [-0.4, -0.2) is 82.3 Å². The van der Waals surface area contributed by atoms with Gasteiger partial charge in [-0.15, -0.1) is 0 Å². The van der Waals surface area contributed by atoms with Crippen molar-refractivity contribution in [1.82, 2.24) is 15.1 Å². The molecule has 0 unspecified atom stereocenters. The number of carboxylic acid groups (broad SMARTS) is 1. The van der Waals surface area contributed by atoms with Gasteiger partial charge in [0.2, 0.25) is 11.8 Å². The molecule has 0 radical (unpaired) electrons. The van der Waals surface area contributed by atoms with Gasteiger partial charge in [0.05, 0.1) is 19.7 Å². The van der Waals surface area contributed by atoms with Gasteiger partial charge < -0.3 is 30.5 Å². The minimum Gasteiger partial charge on any atom is -0.479 e. The van der Waals surface area contributed by atoms with Crippen LogP contribution in [0.5, 0.6) is 0 Å². The van der Waals surface area contributed by atoms with E-state index in [0.29, 0.717) is 30.6 Å². The zero-order valence-electron chi connectivity index (χ0n) is 20.8. The lowest BCUT2D eigenvalue weighted by Crippen LogP contribution is -2.55. The Bertz CT molecular complexity index is 1180. The zero-order valence-corrected chi connectivity index (χ0v) is 20.8. The number of carbonyl (C=O) groups excluding carboxylic acids is 3. The summed E-state index contributed by atoms with van der Waals surface area (Å²) in [6.07, 6.45) is 3.69. The highest BCUT2D eigenvalue weighted by atomic mass is 19.1. The van der Waals surface area contributed by atoms with Crippen molar-refractivity contribution >= 4 is 23.9 Å². The van der Waals surface area contributed by atoms with Crippen LogP contribution in [0.15, 0.2) is 30.4 Å². The van der Waals surface area contributed by atoms with Crippen molar-refractivity contribution in [3.63, 3.8) is 0 Å². The smallest absolute Gasteiger partial charge is 0.410 e. The summed E-state index contributed by atoms with van der Waals surface area (Å²) in [6, 6.07) is 2.53. The Kier molecular flexibility index (Phi) is 7.10. The number of ether oxygens (including phenoxy) is 2. The molecule has 0 aromatic heterocycles. The number of hydrogen-bond acceptors (Lipinski definition) is 7. The summed E-state index contributed by atoms with van der Waals surface area (Å²) < 4.78 is 25.3. The zero-order chi connectivity index (χ0) is 27.0. The molecule has 2 fully saturated rings. The van der Waals surface area contributed by atoms with Crippen LogP contribution >= 0.6 is 0 Å². The summed E-state index contributed by atoms with van der Waals surface area (Å²) in [5, 5.41) is 12.5. The van der Waals surface area contributed by atoms with Crippen LogP contribution in [0.3, 0.4) is 0 Å². The summed E-state index contributed by atoms with van der Waals surface area (Å²) in [6.45, 7) is 0.480. The molecule has 38 heavy (non-hydrogen) atoms. The fraction of sp³-hybridized carbons (Fsp3) is 0.538. The highest BCUT2D eigenvalue weighted by Crippen LogP contribution is 2.45. The SMILES string of the molecule is N[C@H]1COCCC/C=C\[C@@H]2C[C@@]2(C(=O)O)NC(=O)[C@@H]2C[C@@H](OC(=O)N3Cc4cccc(F)c4C3)CN2C1=O. The second-order valence-corrected chi connectivity index (χ2v) is 10.3. The number of hydrogen-bond donors (Lipinski definition) is 3. The summed E-state index contributed by atoms with van der Waals surface area (Å²) in [4.78, 5) is 54.1. The average molecular weight is 531 g/mol. The first-order valence-electron chi connectivity index (χ1n) is 12.8. The second-order valence-electron chi connectivity index (χ2n) is 10.3. The minimum atomic E-state index is -1.44. The third kappa shape index (κ3) is 4.97. The van der Waals surface area contributed by atoms with Crippen molar-refractivity contribution in [3.8, 4) is 0 Å². The maximum Gasteiger partial charge on any atom is 0.410 e. The largest absolute Gasteiger partial charge is 0.479 e. The van der Waals surface area contributed by atoms with Gasteiger partial charge in [0.25, 0.3) is 0 Å². The Morgan fingerprint density at radius 2 is 2.08 bits per heavy atom. The first-order chi connectivity index (χ1) is 18.2. The van der Waals surface area contributed by atoms with Gasteiger partial charge in [-0.05, 0) is 30.9 Å². The lowest BCUT2D eigenvalue weighted by atomic mass is 10.1. The number of rotatable bonds is 2. The maximum absolute atomic E-state index is 14.1. The molecule has 5 rings (SSSR count). The number of allylic oxidation sites excluding steroid dienone is 1. The van der Waals surface area contributed by atoms with Gasteiger partial charge in [0.15, 0.2) is 0 Å². The number of benzene rings is 1. The maximum atomic E-state index is 14.1. The Morgan fingerprint density at radius 3 is 2.84 bits per heavy atom. The molecule has 204 valence electrons. The predicted molar refractivity (Wildman–Crippen MR) is 130 cm³/mol. The lowest BCUT2D eigenvalue weighted by Gasteiger charge is -2.27. The molecule has 4 N–H and O–H groups in total. The number of amides is 3. The third-order valence-corrected chi connectivity index (χ3v) is 7.69. The fourth-order valence-corrected chi connectivity index (χ4v) is 5.43. The van der Waals surface area contributed by atoms with Crippen LogP contribution < -0.4 is 11.1 Å². The van der Waals surface area contributed by atoms with Crippen LogP contribution in [0, 0.1) is 11.7 Å². The van der Waals surface area contributed by atoms with E-state index in [1.165, 1.54) is 15.9 Å². The van der Waals surface area contributed by atoms with Gasteiger partial charge in [-0.1, -0.05) is 24.3 Å². The van der Waals surface area contributed by atoms with Crippen LogP contribution in [0.25, 0.3) is 0 Å². The van der Waals surface area contributed by atoms with E-state index in [9.17, 15) is 28.7 Å². The van der Waals surface area contributed by atoms with Gasteiger partial charge >= 0.3 is 12.1 Å². The number of nitrogens with two attached hydrogens (primary N) is 1. The molecule has 3 heterocycles. The predicted octanol–water partition coefficient (Wildman–Crippen LogP) is 0.901. The van der Waals surface area contributed by atoms with E-state index in [1.54, 1.807) is 18.2 Å². The van der Waals surface area contributed by atoms with Gasteiger partial charge in [-0.25, -0.2) is 14.0 Å². The van der Waals surface area contributed by atoms with Crippen molar-refractivity contribution in [2.75, 3.05) is 19.8 Å². The van der Waals surface area contributed by atoms with E-state index < -0.39 is 53.4 Å². The summed E-state index contributed by atoms with van der Waals surface area (Å²) in [5.41, 5.74) is 5.74. The standard InChI is InChI=1S/C26H31FN4O7/c27-19-7-4-5-15-11-30(13-18(15)19)25(36)38-17-9-21-22(32)29-26(24(34)35)10-16(26)6-2-1-3-8-37-14-20(28)23(33)31(21)12-17/h2,4-7,16-17,20-21H,1,3,8-14,28H2,(H,29,32)(H,34,35)/b6-2-/t16-,17-,20+,21+,26-/m1/s1. The molecule has 1 saturated heterocycles. The number of halogens is 1. The molecule has 11 nitrogen and oxygen atoms in total. The van der Waals surface area contributed by atoms with E-state index in [4.69, 9.17) is 15.2 Å². The molecule has 0 bridgehead atoms. The Hall–Kier alpha value is -3.51. The molecule has 1 saturated carbocycles. The van der Waals surface area contributed by atoms with E-state index in [2.05, 4.69) is 5.32 Å². The van der Waals surface area contributed by atoms with Crippen molar-refractivity contribution in [2.45, 2.75) is 62.5 Å². The van der Waals surface area contributed by atoms with E-state index in [-0.39, 0.29) is 45.0 Å². The van der Waals surface area contributed by atoms with E-state index in [1.807, 2.05) is 6.08 Å². The van der Waals surface area contributed by atoms with Crippen molar-refractivity contribution in [3.05, 3.63) is 47.3 Å². The van der Waals surface area contributed by atoms with E-state index >= 15 is 0 Å². The quantitative estimate of drug-likeness (QED) is 0.477. The van der Waals surface area contributed by atoms with Crippen molar-refractivity contribution in [2.24, 2.45) is 11.7 Å². The number of nitrogens with zero attached hydrogens (tertiary/aromatic N) is 2. The molecular formula is C26H31FN4O7. The molecule has 1 aromatic carbocycles. The molecular weight excluding hydrogens is 499 g/mol. The third-order valence-electron chi connectivity index (χ3n) is 7.69. The Balaban J connectivity index is 1.32. The van der Waals surface area contributed by atoms with Crippen LogP contribution in [0.4, 0.5) is 9.18 Å². The highest BCUT2D eigenvalue weighted by Gasteiger charge is 2.61. The van der Waals surface area contributed by atoms with Crippen LogP contribution in [0.2, 0.25) is 0 Å². The summed E-state index contributed by atoms with van der Waals surface area (Å²) in [5.74, 6) is -3.11. The van der Waals surface area contributed by atoms with Crippen LogP contribution in [-0.2, 0) is 36.9 Å². The molecule has 4 aliphatic rings. The topological polar surface area (TPSA) is 152 Å². The average Bonchev–Trinajstić information content (AvgIpc) is 3.21. The first-order valence-corrected chi connectivity index (χ1v) is 12.8. The summed E-state index contributed by atoms with van der Waals surface area (Å²) >= 11 is 0. The molecule has 5 atom stereocenters. The van der Waals surface area contributed by atoms with Gasteiger partial charge in [-0.2, -0.15) is 0 Å². The van der Waals surface area contributed by atoms with Gasteiger partial charge in [-0.3, -0.25) is 14.5 Å². The summed E-state index contributed by atoms with van der Waals surface area (Å²) in [7, 11) is 0.